The predicted molar refractivity (Wildman–Crippen MR) is 101 cm³/mol. The quantitative estimate of drug-likeness (QED) is 0.485. The molecule has 3 aliphatic carbocycles. The van der Waals surface area contributed by atoms with Crippen molar-refractivity contribution in [1.29, 1.82) is 0 Å². The first kappa shape index (κ1) is 16.8. The van der Waals surface area contributed by atoms with Crippen LogP contribution in [0.4, 0.5) is 0 Å². The monoisotopic (exact) mass is 310 g/mol. The van der Waals surface area contributed by atoms with Gasteiger partial charge in [0.1, 0.15) is 0 Å². The molecular weight excluding hydrogens is 276 g/mol. The molecule has 0 bridgehead atoms. The van der Waals surface area contributed by atoms with Crippen LogP contribution in [0.15, 0.2) is 47.1 Å². The summed E-state index contributed by atoms with van der Waals surface area (Å²) in [6.07, 6.45) is 19.2. The summed E-state index contributed by atoms with van der Waals surface area (Å²) in [4.78, 5) is 0. The highest BCUT2D eigenvalue weighted by Gasteiger charge is 2.45. The van der Waals surface area contributed by atoms with Gasteiger partial charge in [-0.2, -0.15) is 0 Å². The average molecular weight is 311 g/mol. The highest BCUT2D eigenvalue weighted by Crippen LogP contribution is 2.56. The summed E-state index contributed by atoms with van der Waals surface area (Å²) in [5.41, 5.74) is 6.80. The number of hydrogen-bond donors (Lipinski definition) is 0. The lowest BCUT2D eigenvalue weighted by Crippen LogP contribution is -2.32. The number of hydrogen-bond acceptors (Lipinski definition) is 0. The first-order valence-electron chi connectivity index (χ1n) is 9.84. The summed E-state index contributed by atoms with van der Waals surface area (Å²) in [5, 5.41) is 0. The second-order valence-electron chi connectivity index (χ2n) is 8.27. The largest absolute Gasteiger partial charge is 0.0956 e. The highest BCUT2D eigenvalue weighted by atomic mass is 14.5. The van der Waals surface area contributed by atoms with Crippen LogP contribution in [0, 0.1) is 17.3 Å². The molecule has 2 fully saturated rings. The molecule has 0 aromatic rings. The number of fused-ring (bicyclic) bond motifs is 1. The molecule has 3 rings (SSSR count). The van der Waals surface area contributed by atoms with Gasteiger partial charge >= 0.3 is 0 Å². The van der Waals surface area contributed by atoms with Gasteiger partial charge in [-0.3, -0.25) is 0 Å². The van der Waals surface area contributed by atoms with E-state index in [0.717, 1.165) is 11.8 Å². The molecule has 0 radical (unpaired) electrons. The number of rotatable bonds is 3. The van der Waals surface area contributed by atoms with Crippen LogP contribution in [0.3, 0.4) is 0 Å². The van der Waals surface area contributed by atoms with Crippen LogP contribution in [0.25, 0.3) is 0 Å². The van der Waals surface area contributed by atoms with Crippen LogP contribution in [-0.4, -0.2) is 0 Å². The van der Waals surface area contributed by atoms with Crippen molar-refractivity contribution in [2.24, 2.45) is 17.3 Å². The van der Waals surface area contributed by atoms with Crippen LogP contribution in [-0.2, 0) is 0 Å². The Labute approximate surface area is 143 Å². The molecule has 0 saturated heterocycles. The van der Waals surface area contributed by atoms with Gasteiger partial charge in [0.2, 0.25) is 0 Å². The highest BCUT2D eigenvalue weighted by molar-refractivity contribution is 5.38. The molecule has 23 heavy (non-hydrogen) atoms. The molecule has 0 aromatic carbocycles. The predicted octanol–water partition coefficient (Wildman–Crippen LogP) is 7.15. The smallest absolute Gasteiger partial charge is 0.00451 e. The van der Waals surface area contributed by atoms with E-state index in [4.69, 9.17) is 0 Å². The standard InChI is InChI=1S/C23H34/c1-5-17(2)21-14-15-22-20(11-8-16-23(21,22)4)13-12-19-10-7-6-9-18(19)3/h12-14,17,22H,3,5-11,15-16H2,1-2,4H3/b19-12-,20-13+/t17?,22?,23-/m1/s1. The van der Waals surface area contributed by atoms with Gasteiger partial charge in [-0.1, -0.05) is 62.3 Å². The number of allylic oxidation sites excluding steroid dienone is 7. The zero-order chi connectivity index (χ0) is 16.4. The Morgan fingerprint density at radius 1 is 1.22 bits per heavy atom. The summed E-state index contributed by atoms with van der Waals surface area (Å²) in [6.45, 7) is 11.6. The Kier molecular flexibility index (Phi) is 4.99. The van der Waals surface area contributed by atoms with Gasteiger partial charge < -0.3 is 0 Å². The van der Waals surface area contributed by atoms with E-state index in [2.05, 4.69) is 45.6 Å². The van der Waals surface area contributed by atoms with Gasteiger partial charge in [0.15, 0.2) is 0 Å². The first-order valence-corrected chi connectivity index (χ1v) is 9.84. The molecule has 0 amide bonds. The summed E-state index contributed by atoms with van der Waals surface area (Å²) in [5.74, 6) is 1.51. The van der Waals surface area contributed by atoms with Crippen LogP contribution in [0.2, 0.25) is 0 Å². The van der Waals surface area contributed by atoms with Crippen molar-refractivity contribution in [3.05, 3.63) is 47.1 Å². The van der Waals surface area contributed by atoms with Crippen molar-refractivity contribution >= 4 is 0 Å². The van der Waals surface area contributed by atoms with Gasteiger partial charge in [-0.05, 0) is 80.6 Å². The minimum absolute atomic E-state index is 0.432. The zero-order valence-electron chi connectivity index (χ0n) is 15.5. The normalized spacial score (nSPS) is 36.2. The second-order valence-corrected chi connectivity index (χ2v) is 8.27. The topological polar surface area (TPSA) is 0 Å². The molecule has 0 heteroatoms. The molecule has 0 nitrogen and oxygen atoms in total. The lowest BCUT2D eigenvalue weighted by molar-refractivity contribution is 0.217. The fourth-order valence-electron chi connectivity index (χ4n) is 5.24. The summed E-state index contributed by atoms with van der Waals surface area (Å²) in [7, 11) is 0. The van der Waals surface area contributed by atoms with Crippen molar-refractivity contribution in [2.75, 3.05) is 0 Å². The SMILES string of the molecule is C=C1CCCC/C1=C/C=C1\CCC[C@]2(C)C(C(C)CC)=CCC12. The van der Waals surface area contributed by atoms with Crippen molar-refractivity contribution in [3.63, 3.8) is 0 Å². The fourth-order valence-corrected chi connectivity index (χ4v) is 5.24. The van der Waals surface area contributed by atoms with E-state index in [9.17, 15) is 0 Å². The molecule has 2 saturated carbocycles. The maximum absolute atomic E-state index is 4.28. The summed E-state index contributed by atoms with van der Waals surface area (Å²) in [6, 6.07) is 0. The molecule has 3 atom stereocenters. The molecule has 0 N–H and O–H groups in total. The second kappa shape index (κ2) is 6.83. The summed E-state index contributed by atoms with van der Waals surface area (Å²) < 4.78 is 0. The van der Waals surface area contributed by atoms with Crippen molar-refractivity contribution in [3.8, 4) is 0 Å². The molecule has 2 unspecified atom stereocenters. The molecule has 0 aliphatic heterocycles. The molecule has 3 aliphatic rings. The zero-order valence-corrected chi connectivity index (χ0v) is 15.5. The van der Waals surface area contributed by atoms with E-state index in [1.54, 1.807) is 11.1 Å². The van der Waals surface area contributed by atoms with E-state index in [0.29, 0.717) is 5.41 Å². The molecule has 0 spiro atoms. The van der Waals surface area contributed by atoms with Crippen LogP contribution in [0.5, 0.6) is 0 Å². The first-order chi connectivity index (χ1) is 11.1. The maximum Gasteiger partial charge on any atom is -0.00451 e. The minimum Gasteiger partial charge on any atom is -0.0956 e. The van der Waals surface area contributed by atoms with Gasteiger partial charge in [-0.25, -0.2) is 0 Å². The van der Waals surface area contributed by atoms with Crippen LogP contribution in [0.1, 0.15) is 78.6 Å². The Balaban J connectivity index is 1.82. The van der Waals surface area contributed by atoms with Gasteiger partial charge in [0, 0.05) is 0 Å². The molecule has 0 heterocycles. The Bertz CT molecular complexity index is 557. The molecular formula is C23H34. The molecule has 126 valence electrons. The van der Waals surface area contributed by atoms with E-state index >= 15 is 0 Å². The minimum atomic E-state index is 0.432. The van der Waals surface area contributed by atoms with E-state index in [-0.39, 0.29) is 0 Å². The Morgan fingerprint density at radius 2 is 2.00 bits per heavy atom. The summed E-state index contributed by atoms with van der Waals surface area (Å²) >= 11 is 0. The Hall–Kier alpha value is -1.04. The van der Waals surface area contributed by atoms with E-state index < -0.39 is 0 Å². The fraction of sp³-hybridized carbons (Fsp3) is 0.652. The van der Waals surface area contributed by atoms with Gasteiger partial charge in [0.05, 0.1) is 0 Å². The van der Waals surface area contributed by atoms with Crippen molar-refractivity contribution < 1.29 is 0 Å². The van der Waals surface area contributed by atoms with Crippen molar-refractivity contribution in [1.82, 2.24) is 0 Å². The third-order valence-electron chi connectivity index (χ3n) is 6.88. The lowest BCUT2D eigenvalue weighted by atomic mass is 9.62. The van der Waals surface area contributed by atoms with E-state index in [1.165, 1.54) is 68.9 Å². The van der Waals surface area contributed by atoms with E-state index in [1.807, 2.05) is 0 Å². The van der Waals surface area contributed by atoms with Crippen molar-refractivity contribution in [2.45, 2.75) is 78.6 Å². The van der Waals surface area contributed by atoms with Crippen LogP contribution >= 0.6 is 0 Å². The van der Waals surface area contributed by atoms with Gasteiger partial charge in [-0.15, -0.1) is 0 Å². The average Bonchev–Trinajstić information content (AvgIpc) is 2.91. The van der Waals surface area contributed by atoms with Gasteiger partial charge in [0.25, 0.3) is 0 Å². The van der Waals surface area contributed by atoms with Crippen LogP contribution < -0.4 is 0 Å². The molecule has 0 aromatic heterocycles. The third-order valence-corrected chi connectivity index (χ3v) is 6.88. The Morgan fingerprint density at radius 3 is 2.74 bits per heavy atom. The lowest BCUT2D eigenvalue weighted by Gasteiger charge is -2.42. The third kappa shape index (κ3) is 3.14. The maximum atomic E-state index is 4.28.